The first-order chi connectivity index (χ1) is 12.0. The van der Waals surface area contributed by atoms with E-state index in [1.165, 1.54) is 35.6 Å². The Hall–Kier alpha value is -2.35. The van der Waals surface area contributed by atoms with Crippen LogP contribution in [0.25, 0.3) is 6.08 Å². The van der Waals surface area contributed by atoms with Crippen molar-refractivity contribution in [2.75, 3.05) is 6.54 Å². The number of imide groups is 1. The number of nitro groups is 1. The molecule has 2 aliphatic rings. The summed E-state index contributed by atoms with van der Waals surface area (Å²) in [5.74, 6) is -0.232. The summed E-state index contributed by atoms with van der Waals surface area (Å²) < 4.78 is 0. The summed E-state index contributed by atoms with van der Waals surface area (Å²) in [6.07, 6.45) is 6.83. The molecule has 1 aromatic carbocycles. The first kappa shape index (κ1) is 17.5. The SMILES string of the molecule is O=C1S/C(=C/c2cc([N+](=O)[O-])ccc2O)C(=O)N1CC1CCCCC1. The zero-order valence-corrected chi connectivity index (χ0v) is 14.3. The van der Waals surface area contributed by atoms with Gasteiger partial charge in [0, 0.05) is 24.2 Å². The highest BCUT2D eigenvalue weighted by Gasteiger charge is 2.36. The molecule has 132 valence electrons. The van der Waals surface area contributed by atoms with Crippen molar-refractivity contribution in [1.82, 2.24) is 4.90 Å². The molecule has 25 heavy (non-hydrogen) atoms. The Labute approximate surface area is 148 Å². The third kappa shape index (κ3) is 3.84. The van der Waals surface area contributed by atoms with E-state index >= 15 is 0 Å². The minimum absolute atomic E-state index is 0.150. The molecule has 0 bridgehead atoms. The minimum Gasteiger partial charge on any atom is -0.507 e. The minimum atomic E-state index is -0.578. The number of carbonyl (C=O) groups is 2. The van der Waals surface area contributed by atoms with E-state index in [0.717, 1.165) is 37.4 Å². The molecule has 2 fully saturated rings. The maximum absolute atomic E-state index is 12.5. The van der Waals surface area contributed by atoms with Crippen molar-refractivity contribution in [3.63, 3.8) is 0 Å². The zero-order valence-electron chi connectivity index (χ0n) is 13.5. The molecule has 7 nitrogen and oxygen atoms in total. The van der Waals surface area contributed by atoms with Gasteiger partial charge in [0.05, 0.1) is 9.83 Å². The number of hydrogen-bond donors (Lipinski definition) is 1. The Morgan fingerprint density at radius 1 is 1.28 bits per heavy atom. The van der Waals surface area contributed by atoms with Crippen LogP contribution in [0.15, 0.2) is 23.1 Å². The van der Waals surface area contributed by atoms with E-state index in [-0.39, 0.29) is 27.1 Å². The van der Waals surface area contributed by atoms with Crippen LogP contribution in [0.2, 0.25) is 0 Å². The fraction of sp³-hybridized carbons (Fsp3) is 0.412. The third-order valence-corrected chi connectivity index (χ3v) is 5.46. The van der Waals surface area contributed by atoms with Crippen LogP contribution in [0.5, 0.6) is 5.75 Å². The molecule has 1 aliphatic carbocycles. The molecule has 0 radical (unpaired) electrons. The first-order valence-electron chi connectivity index (χ1n) is 8.18. The fourth-order valence-corrected chi connectivity index (χ4v) is 4.04. The molecular formula is C17H18N2O5S. The van der Waals surface area contributed by atoms with Crippen LogP contribution in [0, 0.1) is 16.0 Å². The number of phenols is 1. The van der Waals surface area contributed by atoms with E-state index in [9.17, 15) is 24.8 Å². The summed E-state index contributed by atoms with van der Waals surface area (Å²) in [4.78, 5) is 36.4. The summed E-state index contributed by atoms with van der Waals surface area (Å²) in [5.41, 5.74) is -0.0390. The van der Waals surface area contributed by atoms with Crippen molar-refractivity contribution in [3.8, 4) is 5.75 Å². The lowest BCUT2D eigenvalue weighted by Crippen LogP contribution is -2.34. The second kappa shape index (κ2) is 7.26. The van der Waals surface area contributed by atoms with Gasteiger partial charge in [0.1, 0.15) is 5.75 Å². The molecule has 8 heteroatoms. The molecule has 0 atom stereocenters. The molecule has 0 aromatic heterocycles. The Kier molecular flexibility index (Phi) is 5.08. The summed E-state index contributed by atoms with van der Waals surface area (Å²) >= 11 is 0.806. The Morgan fingerprint density at radius 3 is 2.68 bits per heavy atom. The van der Waals surface area contributed by atoms with Crippen LogP contribution < -0.4 is 0 Å². The topological polar surface area (TPSA) is 101 Å². The van der Waals surface area contributed by atoms with Gasteiger partial charge in [0.2, 0.25) is 0 Å². The molecule has 1 saturated heterocycles. The van der Waals surface area contributed by atoms with Crippen LogP contribution in [0.1, 0.15) is 37.7 Å². The predicted octanol–water partition coefficient (Wildman–Crippen LogP) is 3.92. The number of aromatic hydroxyl groups is 1. The number of rotatable bonds is 4. The predicted molar refractivity (Wildman–Crippen MR) is 94.0 cm³/mol. The van der Waals surface area contributed by atoms with Crippen molar-refractivity contribution < 1.29 is 19.6 Å². The molecule has 3 rings (SSSR count). The third-order valence-electron chi connectivity index (χ3n) is 4.55. The summed E-state index contributed by atoms with van der Waals surface area (Å²) in [6.45, 7) is 0.420. The highest BCUT2D eigenvalue weighted by atomic mass is 32.2. The maximum atomic E-state index is 12.5. The monoisotopic (exact) mass is 362 g/mol. The van der Waals surface area contributed by atoms with Crippen molar-refractivity contribution in [2.24, 2.45) is 5.92 Å². The van der Waals surface area contributed by atoms with E-state index in [1.807, 2.05) is 0 Å². The molecule has 1 aromatic rings. The summed E-state index contributed by atoms with van der Waals surface area (Å²) in [6, 6.07) is 3.57. The number of hydrogen-bond acceptors (Lipinski definition) is 6. The quantitative estimate of drug-likeness (QED) is 0.495. The number of amides is 2. The van der Waals surface area contributed by atoms with E-state index in [0.29, 0.717) is 12.5 Å². The summed E-state index contributed by atoms with van der Waals surface area (Å²) in [7, 11) is 0. The molecular weight excluding hydrogens is 344 g/mol. The number of thioether (sulfide) groups is 1. The number of nitrogens with zero attached hydrogens (tertiary/aromatic N) is 2. The van der Waals surface area contributed by atoms with Crippen LogP contribution in [-0.2, 0) is 4.79 Å². The van der Waals surface area contributed by atoms with Gasteiger partial charge in [-0.15, -0.1) is 0 Å². The van der Waals surface area contributed by atoms with Gasteiger partial charge in [-0.1, -0.05) is 19.3 Å². The average Bonchev–Trinajstić information content (AvgIpc) is 2.85. The largest absolute Gasteiger partial charge is 0.507 e. The highest BCUT2D eigenvalue weighted by Crippen LogP contribution is 2.36. The van der Waals surface area contributed by atoms with Crippen molar-refractivity contribution in [2.45, 2.75) is 32.1 Å². The number of carbonyl (C=O) groups excluding carboxylic acids is 2. The maximum Gasteiger partial charge on any atom is 0.293 e. The Balaban J connectivity index is 1.80. The van der Waals surface area contributed by atoms with Crippen LogP contribution in [0.3, 0.4) is 0 Å². The molecule has 2 amide bonds. The number of non-ortho nitro benzene ring substituents is 1. The normalized spacial score (nSPS) is 20.5. The van der Waals surface area contributed by atoms with Crippen LogP contribution in [-0.4, -0.2) is 32.6 Å². The van der Waals surface area contributed by atoms with Gasteiger partial charge in [0.25, 0.3) is 16.8 Å². The lowest BCUT2D eigenvalue weighted by Gasteiger charge is -2.25. The van der Waals surface area contributed by atoms with Crippen LogP contribution >= 0.6 is 11.8 Å². The van der Waals surface area contributed by atoms with Crippen molar-refractivity contribution >= 4 is 34.7 Å². The van der Waals surface area contributed by atoms with Crippen molar-refractivity contribution in [3.05, 3.63) is 38.8 Å². The molecule has 1 heterocycles. The van der Waals surface area contributed by atoms with E-state index in [1.54, 1.807) is 0 Å². The molecule has 0 spiro atoms. The first-order valence-corrected chi connectivity index (χ1v) is 9.00. The Bertz CT molecular complexity index is 755. The van der Waals surface area contributed by atoms with Gasteiger partial charge >= 0.3 is 0 Å². The number of phenolic OH excluding ortho intramolecular Hbond substituents is 1. The van der Waals surface area contributed by atoms with E-state index < -0.39 is 10.8 Å². The van der Waals surface area contributed by atoms with Gasteiger partial charge in [-0.25, -0.2) is 0 Å². The van der Waals surface area contributed by atoms with Gasteiger partial charge in [-0.05, 0) is 42.7 Å². The zero-order chi connectivity index (χ0) is 18.0. The second-order valence-electron chi connectivity index (χ2n) is 6.30. The average molecular weight is 362 g/mol. The fourth-order valence-electron chi connectivity index (χ4n) is 3.20. The van der Waals surface area contributed by atoms with Gasteiger partial charge in [-0.2, -0.15) is 0 Å². The standard InChI is InChI=1S/C17H18N2O5S/c20-14-7-6-13(19(23)24)8-12(14)9-15-16(21)18(17(22)25-15)10-11-4-2-1-3-5-11/h6-9,11,20H,1-5,10H2/b15-9+. The van der Waals surface area contributed by atoms with Gasteiger partial charge in [-0.3, -0.25) is 24.6 Å². The molecule has 1 aliphatic heterocycles. The smallest absolute Gasteiger partial charge is 0.293 e. The van der Waals surface area contributed by atoms with Crippen LogP contribution in [0.4, 0.5) is 10.5 Å². The van der Waals surface area contributed by atoms with Crippen molar-refractivity contribution in [1.29, 1.82) is 0 Å². The number of benzene rings is 1. The lowest BCUT2D eigenvalue weighted by molar-refractivity contribution is -0.384. The Morgan fingerprint density at radius 2 is 2.00 bits per heavy atom. The summed E-state index contributed by atoms with van der Waals surface area (Å²) in [5, 5.41) is 20.4. The number of nitro benzene ring substituents is 1. The highest BCUT2D eigenvalue weighted by molar-refractivity contribution is 8.18. The van der Waals surface area contributed by atoms with E-state index in [2.05, 4.69) is 0 Å². The molecule has 1 N–H and O–H groups in total. The second-order valence-corrected chi connectivity index (χ2v) is 7.29. The molecule has 0 unspecified atom stereocenters. The lowest BCUT2D eigenvalue weighted by atomic mass is 9.89. The van der Waals surface area contributed by atoms with E-state index in [4.69, 9.17) is 0 Å². The van der Waals surface area contributed by atoms with Gasteiger partial charge < -0.3 is 5.11 Å². The van der Waals surface area contributed by atoms with Gasteiger partial charge in [0.15, 0.2) is 0 Å². The molecule has 1 saturated carbocycles.